The molecule has 0 amide bonds. The number of unbranched alkanes of at least 4 members (excludes halogenated alkanes) is 2. The van der Waals surface area contributed by atoms with E-state index in [9.17, 15) is 18.6 Å². The first-order valence-electron chi connectivity index (χ1n) is 11.3. The van der Waals surface area contributed by atoms with Crippen molar-refractivity contribution in [3.8, 4) is 22.6 Å². The molecular formula is C28H32O4S. The molecule has 0 atom stereocenters. The monoisotopic (exact) mass is 464 g/mol. The molecule has 174 valence electrons. The minimum Gasteiger partial charge on any atom is -0.507 e. The van der Waals surface area contributed by atoms with E-state index in [1.807, 2.05) is 38.1 Å². The third-order valence-electron chi connectivity index (χ3n) is 5.78. The highest BCUT2D eigenvalue weighted by atomic mass is 32.2. The van der Waals surface area contributed by atoms with E-state index in [2.05, 4.69) is 13.5 Å². The number of aromatic hydroxyl groups is 2. The van der Waals surface area contributed by atoms with Crippen LogP contribution in [-0.2, 0) is 22.0 Å². The Labute approximate surface area is 197 Å². The number of benzene rings is 3. The lowest BCUT2D eigenvalue weighted by atomic mass is 9.91. The molecule has 2 N–H and O–H groups in total. The molecule has 0 fully saturated rings. The van der Waals surface area contributed by atoms with E-state index in [4.69, 9.17) is 0 Å². The van der Waals surface area contributed by atoms with Gasteiger partial charge in [-0.05, 0) is 55.0 Å². The lowest BCUT2D eigenvalue weighted by Crippen LogP contribution is -2.10. The Morgan fingerprint density at radius 3 is 2.33 bits per heavy atom. The summed E-state index contributed by atoms with van der Waals surface area (Å²) in [5.74, 6) is -0.760. The van der Waals surface area contributed by atoms with Crippen molar-refractivity contribution in [2.24, 2.45) is 0 Å². The molecule has 0 aliphatic heterocycles. The number of phenolic OH excluding ortho intramolecular Hbond substituents is 2. The second-order valence-corrected chi connectivity index (χ2v) is 10.6. The van der Waals surface area contributed by atoms with E-state index >= 15 is 0 Å². The summed E-state index contributed by atoms with van der Waals surface area (Å²) in [6, 6.07) is 16.1. The molecule has 33 heavy (non-hydrogen) atoms. The first-order valence-corrected chi connectivity index (χ1v) is 12.9. The van der Waals surface area contributed by atoms with Crippen molar-refractivity contribution in [3.63, 3.8) is 0 Å². The largest absolute Gasteiger partial charge is 0.507 e. The maximum atomic E-state index is 13.6. The summed E-state index contributed by atoms with van der Waals surface area (Å²) in [6.45, 7) is 9.84. The third kappa shape index (κ3) is 5.48. The normalized spacial score (nSPS) is 11.5. The van der Waals surface area contributed by atoms with Gasteiger partial charge in [-0.15, -0.1) is 0 Å². The van der Waals surface area contributed by atoms with Crippen LogP contribution in [0.3, 0.4) is 0 Å². The van der Waals surface area contributed by atoms with Gasteiger partial charge in [0.25, 0.3) is 0 Å². The van der Waals surface area contributed by atoms with Crippen LogP contribution in [0, 0.1) is 6.92 Å². The standard InChI is InChI=1S/C28H32O4S/c1-5-6-8-13-22-17-25(29)26(24-16-20(4)14-15-23(24)19(2)3)27(30)28(22)33(31,32)18-21-11-9-7-10-12-21/h7,9-12,14-17,29-30H,2,5-6,8,13,18H2,1,3-4H3. The molecule has 0 heterocycles. The zero-order valence-electron chi connectivity index (χ0n) is 19.6. The topological polar surface area (TPSA) is 74.6 Å². The summed E-state index contributed by atoms with van der Waals surface area (Å²) < 4.78 is 27.2. The molecule has 5 heteroatoms. The van der Waals surface area contributed by atoms with Gasteiger partial charge in [0, 0.05) is 0 Å². The Balaban J connectivity index is 2.27. The van der Waals surface area contributed by atoms with Gasteiger partial charge < -0.3 is 10.2 Å². The second kappa shape index (κ2) is 10.3. The highest BCUT2D eigenvalue weighted by molar-refractivity contribution is 7.90. The first-order chi connectivity index (χ1) is 15.7. The summed E-state index contributed by atoms with van der Waals surface area (Å²) >= 11 is 0. The van der Waals surface area contributed by atoms with E-state index in [0.29, 0.717) is 23.1 Å². The number of rotatable bonds is 9. The number of aryl methyl sites for hydroxylation is 2. The molecule has 0 aliphatic carbocycles. The van der Waals surface area contributed by atoms with Gasteiger partial charge in [-0.25, -0.2) is 8.42 Å². The Hall–Kier alpha value is -3.05. The van der Waals surface area contributed by atoms with Gasteiger partial charge in [0.05, 0.1) is 11.3 Å². The van der Waals surface area contributed by atoms with Crippen LogP contribution in [0.4, 0.5) is 0 Å². The van der Waals surface area contributed by atoms with E-state index in [0.717, 1.165) is 36.0 Å². The average Bonchev–Trinajstić information content (AvgIpc) is 2.73. The molecule has 0 saturated heterocycles. The van der Waals surface area contributed by atoms with Crippen molar-refractivity contribution in [2.45, 2.75) is 57.1 Å². The van der Waals surface area contributed by atoms with Crippen LogP contribution in [0.5, 0.6) is 11.5 Å². The fourth-order valence-electron chi connectivity index (χ4n) is 4.16. The third-order valence-corrected chi connectivity index (χ3v) is 7.57. The van der Waals surface area contributed by atoms with Gasteiger partial charge in [0.1, 0.15) is 16.4 Å². The zero-order valence-corrected chi connectivity index (χ0v) is 20.4. The fourth-order valence-corrected chi connectivity index (χ4v) is 5.89. The van der Waals surface area contributed by atoms with Crippen LogP contribution in [-0.4, -0.2) is 18.6 Å². The SMILES string of the molecule is C=C(C)c1ccc(C)cc1-c1c(O)cc(CCCCC)c(S(=O)(=O)Cc2ccccc2)c1O. The van der Waals surface area contributed by atoms with Crippen LogP contribution in [0.15, 0.2) is 66.1 Å². The van der Waals surface area contributed by atoms with Gasteiger partial charge in [-0.2, -0.15) is 0 Å². The molecule has 0 bridgehead atoms. The van der Waals surface area contributed by atoms with Gasteiger partial charge >= 0.3 is 0 Å². The number of allylic oxidation sites excluding steroid dienone is 1. The summed E-state index contributed by atoms with van der Waals surface area (Å²) in [7, 11) is -3.89. The molecule has 0 spiro atoms. The van der Waals surface area contributed by atoms with E-state index in [1.54, 1.807) is 24.3 Å². The second-order valence-electron chi connectivity index (χ2n) is 8.64. The highest BCUT2D eigenvalue weighted by Gasteiger charge is 2.29. The summed E-state index contributed by atoms with van der Waals surface area (Å²) in [4.78, 5) is -0.0931. The lowest BCUT2D eigenvalue weighted by Gasteiger charge is -2.19. The maximum Gasteiger partial charge on any atom is 0.186 e. The number of hydrogen-bond acceptors (Lipinski definition) is 4. The predicted octanol–water partition coefficient (Wildman–Crippen LogP) is 6.81. The van der Waals surface area contributed by atoms with Crippen LogP contribution < -0.4 is 0 Å². The number of hydrogen-bond donors (Lipinski definition) is 2. The van der Waals surface area contributed by atoms with Crippen molar-refractivity contribution in [2.75, 3.05) is 0 Å². The predicted molar refractivity (Wildman–Crippen MR) is 135 cm³/mol. The molecule has 3 aromatic carbocycles. The molecule has 0 aromatic heterocycles. The van der Waals surface area contributed by atoms with E-state index in [1.165, 1.54) is 6.07 Å². The first kappa shape index (κ1) is 24.6. The van der Waals surface area contributed by atoms with Crippen molar-refractivity contribution in [3.05, 3.63) is 83.4 Å². The fraction of sp³-hybridized carbons (Fsp3) is 0.286. The molecule has 3 aromatic rings. The van der Waals surface area contributed by atoms with Crippen molar-refractivity contribution >= 4 is 15.4 Å². The number of sulfone groups is 1. The van der Waals surface area contributed by atoms with Gasteiger partial charge in [0.15, 0.2) is 9.84 Å². The Morgan fingerprint density at radius 2 is 1.70 bits per heavy atom. The van der Waals surface area contributed by atoms with Crippen molar-refractivity contribution < 1.29 is 18.6 Å². The molecule has 4 nitrogen and oxygen atoms in total. The quantitative estimate of drug-likeness (QED) is 0.341. The molecule has 0 saturated carbocycles. The Morgan fingerprint density at radius 1 is 1.00 bits per heavy atom. The Kier molecular flexibility index (Phi) is 7.65. The van der Waals surface area contributed by atoms with Gasteiger partial charge in [0.2, 0.25) is 0 Å². The minimum atomic E-state index is -3.89. The number of phenols is 2. The van der Waals surface area contributed by atoms with Crippen LogP contribution in [0.1, 0.15) is 55.4 Å². The van der Waals surface area contributed by atoms with Crippen molar-refractivity contribution in [1.82, 2.24) is 0 Å². The van der Waals surface area contributed by atoms with Gasteiger partial charge in [-0.1, -0.05) is 86.0 Å². The average molecular weight is 465 g/mol. The Bertz CT molecular complexity index is 1260. The van der Waals surface area contributed by atoms with E-state index < -0.39 is 15.6 Å². The molecule has 0 unspecified atom stereocenters. The molecular weight excluding hydrogens is 432 g/mol. The maximum absolute atomic E-state index is 13.6. The minimum absolute atomic E-state index is 0.0931. The summed E-state index contributed by atoms with van der Waals surface area (Å²) in [5, 5.41) is 22.4. The molecule has 3 rings (SSSR count). The van der Waals surface area contributed by atoms with Crippen LogP contribution >= 0.6 is 0 Å². The summed E-state index contributed by atoms with van der Waals surface area (Å²) in [5.41, 5.74) is 4.21. The highest BCUT2D eigenvalue weighted by Crippen LogP contribution is 2.46. The molecule has 0 radical (unpaired) electrons. The van der Waals surface area contributed by atoms with Crippen LogP contribution in [0.25, 0.3) is 16.7 Å². The smallest absolute Gasteiger partial charge is 0.186 e. The zero-order chi connectivity index (χ0) is 24.2. The van der Waals surface area contributed by atoms with Crippen molar-refractivity contribution in [1.29, 1.82) is 0 Å². The van der Waals surface area contributed by atoms with Crippen LogP contribution in [0.2, 0.25) is 0 Å². The van der Waals surface area contributed by atoms with Gasteiger partial charge in [-0.3, -0.25) is 0 Å². The molecule has 0 aliphatic rings. The summed E-state index contributed by atoms with van der Waals surface area (Å²) in [6.07, 6.45) is 3.14. The van der Waals surface area contributed by atoms with E-state index in [-0.39, 0.29) is 22.0 Å². The lowest BCUT2D eigenvalue weighted by molar-refractivity contribution is 0.440.